The predicted octanol–water partition coefficient (Wildman–Crippen LogP) is 2.44. The van der Waals surface area contributed by atoms with Gasteiger partial charge >= 0.3 is 6.61 Å². The van der Waals surface area contributed by atoms with Gasteiger partial charge in [-0.25, -0.2) is 4.99 Å². The summed E-state index contributed by atoms with van der Waals surface area (Å²) >= 11 is 0. The summed E-state index contributed by atoms with van der Waals surface area (Å²) in [5, 5.41) is 8.42. The Balaban J connectivity index is 1.36. The van der Waals surface area contributed by atoms with Gasteiger partial charge in [0.1, 0.15) is 11.4 Å². The molecule has 3 fully saturated rings. The van der Waals surface area contributed by atoms with E-state index in [2.05, 4.69) is 25.0 Å². The van der Waals surface area contributed by atoms with Crippen molar-refractivity contribution in [3.8, 4) is 5.75 Å². The molecule has 9 heteroatoms. The van der Waals surface area contributed by atoms with E-state index in [1.807, 2.05) is 0 Å². The molecule has 144 valence electrons. The van der Waals surface area contributed by atoms with Gasteiger partial charge < -0.3 is 9.47 Å². The molecule has 1 N–H and O–H groups in total. The molecule has 2 bridgehead atoms. The number of hydrogen-bond donors (Lipinski definition) is 1. The van der Waals surface area contributed by atoms with Crippen molar-refractivity contribution in [1.29, 1.82) is 0 Å². The lowest BCUT2D eigenvalue weighted by atomic mass is 9.75. The molecule has 3 saturated heterocycles. The van der Waals surface area contributed by atoms with Crippen LogP contribution in [0.25, 0.3) is 10.9 Å². The molecule has 2 aromatic rings. The fourth-order valence-corrected chi connectivity index (χ4v) is 4.55. The normalized spacial score (nSPS) is 29.4. The number of aliphatic imine (C=N–C) groups is 1. The van der Waals surface area contributed by atoms with Gasteiger partial charge in [-0.2, -0.15) is 13.9 Å². The van der Waals surface area contributed by atoms with Crippen LogP contribution in [0.5, 0.6) is 5.75 Å². The second kappa shape index (κ2) is 6.05. The van der Waals surface area contributed by atoms with Gasteiger partial charge in [-0.3, -0.25) is 14.9 Å². The minimum Gasteiger partial charge on any atom is -0.455 e. The fraction of sp³-hybridized carbons (Fsp3) is 0.556. The molecule has 4 aliphatic heterocycles. The first-order valence-electron chi connectivity index (χ1n) is 9.17. The Morgan fingerprint density at radius 3 is 2.85 bits per heavy atom. The van der Waals surface area contributed by atoms with E-state index in [1.165, 1.54) is 6.07 Å². The van der Waals surface area contributed by atoms with E-state index in [1.54, 1.807) is 23.9 Å². The van der Waals surface area contributed by atoms with Crippen LogP contribution in [0.15, 0.2) is 23.2 Å². The Labute approximate surface area is 154 Å². The molecule has 1 atom stereocenters. The van der Waals surface area contributed by atoms with Crippen molar-refractivity contribution in [2.45, 2.75) is 25.1 Å². The average molecular weight is 377 g/mol. The topological polar surface area (TPSA) is 63.9 Å². The zero-order chi connectivity index (χ0) is 18.6. The van der Waals surface area contributed by atoms with Crippen molar-refractivity contribution in [1.82, 2.24) is 14.7 Å². The standard InChI is InChI=1S/C18H21F2N5O2/c1-24-14-8-12(26-16(19)20)2-3-13(14)15(23-24)22-17-21-9-18(27-17)10-25-6-4-11(18)5-7-25/h2-3,8,11,16H,4-7,9-10H2,1H3,(H,21,22,23)/t18-/m0/s1. The van der Waals surface area contributed by atoms with Crippen LogP contribution in [0.3, 0.4) is 0 Å². The quantitative estimate of drug-likeness (QED) is 0.890. The van der Waals surface area contributed by atoms with E-state index in [9.17, 15) is 8.78 Å². The monoisotopic (exact) mass is 377 g/mol. The predicted molar refractivity (Wildman–Crippen MR) is 96.3 cm³/mol. The highest BCUT2D eigenvalue weighted by molar-refractivity contribution is 6.00. The number of rotatable bonds is 3. The maximum Gasteiger partial charge on any atom is 0.387 e. The summed E-state index contributed by atoms with van der Waals surface area (Å²) in [4.78, 5) is 7.03. The second-order valence-electron chi connectivity index (χ2n) is 7.49. The third kappa shape index (κ3) is 2.80. The van der Waals surface area contributed by atoms with Gasteiger partial charge in [-0.15, -0.1) is 0 Å². The number of hydrogen-bond acceptors (Lipinski definition) is 6. The molecule has 1 aromatic heterocycles. The first kappa shape index (κ1) is 16.7. The minimum atomic E-state index is -2.85. The zero-order valence-electron chi connectivity index (χ0n) is 15.0. The number of aryl methyl sites for hydroxylation is 1. The maximum absolute atomic E-state index is 12.4. The third-order valence-corrected chi connectivity index (χ3v) is 5.89. The molecule has 1 aromatic carbocycles. The van der Waals surface area contributed by atoms with E-state index in [4.69, 9.17) is 4.74 Å². The van der Waals surface area contributed by atoms with Crippen molar-refractivity contribution in [3.05, 3.63) is 18.2 Å². The molecule has 5 heterocycles. The van der Waals surface area contributed by atoms with Gasteiger partial charge in [-0.05, 0) is 38.1 Å². The molecule has 1 spiro atoms. The second-order valence-corrected chi connectivity index (χ2v) is 7.49. The number of aromatic nitrogens is 2. The number of alkyl halides is 2. The summed E-state index contributed by atoms with van der Waals surface area (Å²) in [5.74, 6) is 1.24. The van der Waals surface area contributed by atoms with Crippen molar-refractivity contribution >= 4 is 22.7 Å². The van der Waals surface area contributed by atoms with Gasteiger partial charge in [0.25, 0.3) is 6.02 Å². The average Bonchev–Trinajstić information content (AvgIpc) is 3.17. The third-order valence-electron chi connectivity index (χ3n) is 5.89. The number of amidine groups is 1. The van der Waals surface area contributed by atoms with Crippen molar-refractivity contribution < 1.29 is 18.3 Å². The van der Waals surface area contributed by atoms with E-state index < -0.39 is 6.61 Å². The summed E-state index contributed by atoms with van der Waals surface area (Å²) in [5.41, 5.74) is 0.466. The van der Waals surface area contributed by atoms with Crippen LogP contribution in [0.4, 0.5) is 14.6 Å². The summed E-state index contributed by atoms with van der Waals surface area (Å²) < 4.78 is 37.3. The molecule has 0 aliphatic carbocycles. The molecular weight excluding hydrogens is 356 g/mol. The number of anilines is 1. The van der Waals surface area contributed by atoms with Crippen molar-refractivity contribution in [2.75, 3.05) is 31.5 Å². The SMILES string of the molecule is Cn1nc(NC2=NC[C@@]3(CN4CCC3CC4)O2)c2ccc(OC(F)F)cc21. The maximum atomic E-state index is 12.4. The molecule has 6 rings (SSSR count). The lowest BCUT2D eigenvalue weighted by Gasteiger charge is -2.50. The van der Waals surface area contributed by atoms with Crippen LogP contribution in [0.2, 0.25) is 0 Å². The van der Waals surface area contributed by atoms with Crippen LogP contribution in [0, 0.1) is 5.92 Å². The van der Waals surface area contributed by atoms with Gasteiger partial charge in [0.05, 0.1) is 12.1 Å². The van der Waals surface area contributed by atoms with Gasteiger partial charge in [-0.1, -0.05) is 0 Å². The number of halogens is 2. The number of nitrogens with zero attached hydrogens (tertiary/aromatic N) is 4. The summed E-state index contributed by atoms with van der Waals surface area (Å²) in [6, 6.07) is 5.25. The van der Waals surface area contributed by atoms with Crippen LogP contribution in [0.1, 0.15) is 12.8 Å². The molecule has 0 unspecified atom stereocenters. The smallest absolute Gasteiger partial charge is 0.387 e. The van der Waals surface area contributed by atoms with Gasteiger partial charge in [0.2, 0.25) is 0 Å². The van der Waals surface area contributed by atoms with Crippen molar-refractivity contribution in [2.24, 2.45) is 18.0 Å². The molecule has 4 aliphatic rings. The summed E-state index contributed by atoms with van der Waals surface area (Å²) in [6.07, 6.45) is 2.31. The Kier molecular flexibility index (Phi) is 3.75. The molecule has 27 heavy (non-hydrogen) atoms. The van der Waals surface area contributed by atoms with Crippen LogP contribution >= 0.6 is 0 Å². The number of benzene rings is 1. The molecular formula is C18H21F2N5O2. The van der Waals surface area contributed by atoms with E-state index in [0.29, 0.717) is 29.8 Å². The number of piperidine rings is 3. The highest BCUT2D eigenvalue weighted by Crippen LogP contribution is 2.41. The highest BCUT2D eigenvalue weighted by atomic mass is 19.3. The molecule has 0 amide bonds. The van der Waals surface area contributed by atoms with Gasteiger partial charge in [0.15, 0.2) is 5.82 Å². The minimum absolute atomic E-state index is 0.104. The van der Waals surface area contributed by atoms with Crippen LogP contribution in [-0.4, -0.2) is 59.1 Å². The van der Waals surface area contributed by atoms with E-state index in [0.717, 1.165) is 37.9 Å². The Morgan fingerprint density at radius 2 is 2.15 bits per heavy atom. The first-order chi connectivity index (χ1) is 13.0. The summed E-state index contributed by atoms with van der Waals surface area (Å²) in [7, 11) is 1.76. The lowest BCUT2D eigenvalue weighted by Crippen LogP contribution is -2.61. The lowest BCUT2D eigenvalue weighted by molar-refractivity contribution is -0.0829. The molecule has 0 saturated carbocycles. The van der Waals surface area contributed by atoms with Crippen LogP contribution < -0.4 is 10.1 Å². The van der Waals surface area contributed by atoms with Gasteiger partial charge in [0, 0.05) is 31.0 Å². The Morgan fingerprint density at radius 1 is 1.33 bits per heavy atom. The Hall–Kier alpha value is -2.42. The molecule has 7 nitrogen and oxygen atoms in total. The van der Waals surface area contributed by atoms with E-state index >= 15 is 0 Å². The number of ether oxygens (including phenoxy) is 2. The fourth-order valence-electron chi connectivity index (χ4n) is 4.55. The van der Waals surface area contributed by atoms with Crippen molar-refractivity contribution in [3.63, 3.8) is 0 Å². The molecule has 0 radical (unpaired) electrons. The largest absolute Gasteiger partial charge is 0.455 e. The summed E-state index contributed by atoms with van der Waals surface area (Å²) in [6.45, 7) is 1.02. The van der Waals surface area contributed by atoms with E-state index in [-0.39, 0.29) is 11.4 Å². The first-order valence-corrected chi connectivity index (χ1v) is 9.17. The number of fused-ring (bicyclic) bond motifs is 3. The van der Waals surface area contributed by atoms with Crippen LogP contribution in [-0.2, 0) is 11.8 Å². The zero-order valence-corrected chi connectivity index (χ0v) is 15.0. The highest BCUT2D eigenvalue weighted by Gasteiger charge is 2.51. The Bertz CT molecular complexity index is 907. The number of nitrogens with one attached hydrogen (secondary N) is 1.